The number of benzene rings is 1. The summed E-state index contributed by atoms with van der Waals surface area (Å²) in [4.78, 5) is 35.0. The predicted molar refractivity (Wildman–Crippen MR) is 78.4 cm³/mol. The summed E-state index contributed by atoms with van der Waals surface area (Å²) in [6, 6.07) is 6.71. The molecule has 2 aromatic rings. The van der Waals surface area contributed by atoms with E-state index >= 15 is 0 Å². The Morgan fingerprint density at radius 2 is 1.95 bits per heavy atom. The number of fused-ring (bicyclic) bond motifs is 1. The van der Waals surface area contributed by atoms with Gasteiger partial charge in [0, 0.05) is 22.5 Å². The number of nitrogens with two attached hydrogens (primary N) is 1. The molecule has 3 rings (SSSR count). The quantitative estimate of drug-likeness (QED) is 0.742. The van der Waals surface area contributed by atoms with Gasteiger partial charge in [-0.2, -0.15) is 0 Å². The molecular formula is C14H11N3O3S. The minimum atomic E-state index is -0.454. The second-order valence-corrected chi connectivity index (χ2v) is 5.56. The molecule has 7 heteroatoms. The first-order chi connectivity index (χ1) is 10.0. The minimum absolute atomic E-state index is 0.369. The highest BCUT2D eigenvalue weighted by atomic mass is 32.1. The lowest BCUT2D eigenvalue weighted by Gasteiger charge is -2.05. The third-order valence-electron chi connectivity index (χ3n) is 3.14. The van der Waals surface area contributed by atoms with Gasteiger partial charge in [0.25, 0.3) is 11.8 Å². The number of anilines is 1. The van der Waals surface area contributed by atoms with Crippen molar-refractivity contribution < 1.29 is 14.4 Å². The second-order valence-electron chi connectivity index (χ2n) is 4.56. The van der Waals surface area contributed by atoms with E-state index in [0.717, 1.165) is 10.6 Å². The van der Waals surface area contributed by atoms with E-state index < -0.39 is 5.91 Å². The molecule has 4 N–H and O–H groups in total. The van der Waals surface area contributed by atoms with E-state index in [-0.39, 0.29) is 11.8 Å². The molecule has 1 aliphatic rings. The van der Waals surface area contributed by atoms with Gasteiger partial charge in [-0.25, -0.2) is 0 Å². The summed E-state index contributed by atoms with van der Waals surface area (Å²) in [5, 5.41) is 7.09. The van der Waals surface area contributed by atoms with E-state index in [9.17, 15) is 14.4 Å². The topological polar surface area (TPSA) is 101 Å². The van der Waals surface area contributed by atoms with Crippen molar-refractivity contribution in [3.8, 4) is 0 Å². The Balaban J connectivity index is 1.74. The van der Waals surface area contributed by atoms with Crippen LogP contribution in [0.4, 0.5) is 5.69 Å². The first-order valence-electron chi connectivity index (χ1n) is 6.15. The number of rotatable bonds is 4. The Labute approximate surface area is 124 Å². The number of hydrogen-bond acceptors (Lipinski definition) is 5. The van der Waals surface area contributed by atoms with Crippen LogP contribution in [0.5, 0.6) is 0 Å². The molecule has 0 atom stereocenters. The second kappa shape index (κ2) is 5.02. The fourth-order valence-electron chi connectivity index (χ4n) is 2.07. The molecule has 21 heavy (non-hydrogen) atoms. The maximum atomic E-state index is 11.6. The lowest BCUT2D eigenvalue weighted by Crippen LogP contribution is -2.19. The molecule has 3 amide bonds. The minimum Gasteiger partial charge on any atom is -0.380 e. The molecule has 0 aliphatic carbocycles. The highest BCUT2D eigenvalue weighted by Crippen LogP contribution is 2.22. The fraction of sp³-hybridized carbons (Fsp3) is 0.0714. The average molecular weight is 301 g/mol. The van der Waals surface area contributed by atoms with Gasteiger partial charge in [0.2, 0.25) is 5.91 Å². The maximum Gasteiger partial charge on any atom is 0.259 e. The first-order valence-corrected chi connectivity index (χ1v) is 7.03. The maximum absolute atomic E-state index is 11.6. The van der Waals surface area contributed by atoms with Gasteiger partial charge >= 0.3 is 0 Å². The number of carbonyl (C=O) groups excluding carboxylic acids is 3. The van der Waals surface area contributed by atoms with E-state index in [1.165, 1.54) is 11.3 Å². The van der Waals surface area contributed by atoms with Gasteiger partial charge in [0.05, 0.1) is 16.7 Å². The van der Waals surface area contributed by atoms with Crippen LogP contribution in [0.15, 0.2) is 29.6 Å². The standard InChI is InChI=1S/C14H11N3O3S/c15-12(18)7-3-9(21-6-7)5-16-8-1-2-10-11(4-8)14(20)17-13(10)19/h1-4,6,16H,5H2,(H2,15,18)(H,17,19,20). The fourth-order valence-corrected chi connectivity index (χ4v) is 2.88. The van der Waals surface area contributed by atoms with E-state index in [1.807, 2.05) is 0 Å². The number of hydrogen-bond donors (Lipinski definition) is 3. The molecule has 0 radical (unpaired) electrons. The molecule has 0 saturated heterocycles. The smallest absolute Gasteiger partial charge is 0.259 e. The van der Waals surface area contributed by atoms with Gasteiger partial charge in [0.15, 0.2) is 0 Å². The van der Waals surface area contributed by atoms with Crippen molar-refractivity contribution in [1.29, 1.82) is 0 Å². The predicted octanol–water partition coefficient (Wildman–Crippen LogP) is 1.34. The Hall–Kier alpha value is -2.67. The van der Waals surface area contributed by atoms with E-state index in [2.05, 4.69) is 10.6 Å². The van der Waals surface area contributed by atoms with Gasteiger partial charge in [-0.1, -0.05) is 0 Å². The van der Waals surface area contributed by atoms with Crippen molar-refractivity contribution in [2.45, 2.75) is 6.54 Å². The molecule has 0 unspecified atom stereocenters. The highest BCUT2D eigenvalue weighted by Gasteiger charge is 2.26. The zero-order valence-corrected chi connectivity index (χ0v) is 11.6. The normalized spacial score (nSPS) is 13.0. The van der Waals surface area contributed by atoms with Crippen molar-refractivity contribution in [3.63, 3.8) is 0 Å². The van der Waals surface area contributed by atoms with Crippen LogP contribution in [0, 0.1) is 0 Å². The van der Waals surface area contributed by atoms with Crippen LogP contribution in [0.1, 0.15) is 36.0 Å². The van der Waals surface area contributed by atoms with Crippen LogP contribution in [-0.4, -0.2) is 17.7 Å². The Kier molecular flexibility index (Phi) is 3.19. The SMILES string of the molecule is NC(=O)c1csc(CNc2ccc3c(c2)C(=O)NC3=O)c1. The largest absolute Gasteiger partial charge is 0.380 e. The molecule has 0 spiro atoms. The molecule has 2 heterocycles. The van der Waals surface area contributed by atoms with Gasteiger partial charge in [-0.3, -0.25) is 19.7 Å². The average Bonchev–Trinajstić information content (AvgIpc) is 3.03. The Bertz CT molecular complexity index is 767. The van der Waals surface area contributed by atoms with E-state index in [4.69, 9.17) is 5.73 Å². The number of thiophene rings is 1. The van der Waals surface area contributed by atoms with Crippen molar-refractivity contribution in [2.24, 2.45) is 5.73 Å². The van der Waals surface area contributed by atoms with Crippen molar-refractivity contribution in [2.75, 3.05) is 5.32 Å². The molecule has 1 aliphatic heterocycles. The lowest BCUT2D eigenvalue weighted by atomic mass is 10.1. The van der Waals surface area contributed by atoms with Crippen LogP contribution in [0.2, 0.25) is 0 Å². The number of amides is 3. The Morgan fingerprint density at radius 1 is 1.19 bits per heavy atom. The first kappa shape index (κ1) is 13.3. The van der Waals surface area contributed by atoms with E-state index in [1.54, 1.807) is 29.6 Å². The molecular weight excluding hydrogens is 290 g/mol. The summed E-state index contributed by atoms with van der Waals surface area (Å²) >= 11 is 1.43. The Morgan fingerprint density at radius 3 is 2.67 bits per heavy atom. The van der Waals surface area contributed by atoms with Crippen LogP contribution >= 0.6 is 11.3 Å². The summed E-state index contributed by atoms with van der Waals surface area (Å²) in [5.74, 6) is -1.21. The summed E-state index contributed by atoms with van der Waals surface area (Å²) < 4.78 is 0. The van der Waals surface area contributed by atoms with Crippen LogP contribution in [0.3, 0.4) is 0 Å². The van der Waals surface area contributed by atoms with Crippen molar-refractivity contribution in [1.82, 2.24) is 5.32 Å². The van der Waals surface area contributed by atoms with Crippen LogP contribution in [0.25, 0.3) is 0 Å². The van der Waals surface area contributed by atoms with E-state index in [0.29, 0.717) is 23.2 Å². The van der Waals surface area contributed by atoms with Gasteiger partial charge in [-0.05, 0) is 24.3 Å². The summed E-state index contributed by atoms with van der Waals surface area (Å²) in [5.41, 5.74) is 7.16. The number of imide groups is 1. The number of nitrogens with one attached hydrogen (secondary N) is 2. The van der Waals surface area contributed by atoms with Crippen molar-refractivity contribution in [3.05, 3.63) is 51.2 Å². The van der Waals surface area contributed by atoms with Gasteiger partial charge in [-0.15, -0.1) is 11.3 Å². The highest BCUT2D eigenvalue weighted by molar-refractivity contribution is 7.10. The third kappa shape index (κ3) is 2.50. The molecule has 0 saturated carbocycles. The summed E-state index contributed by atoms with van der Waals surface area (Å²) in [6.07, 6.45) is 0. The monoisotopic (exact) mass is 301 g/mol. The molecule has 6 nitrogen and oxygen atoms in total. The zero-order valence-electron chi connectivity index (χ0n) is 10.8. The number of primary amides is 1. The zero-order chi connectivity index (χ0) is 15.0. The molecule has 1 aromatic heterocycles. The van der Waals surface area contributed by atoms with Gasteiger partial charge in [0.1, 0.15) is 0 Å². The third-order valence-corrected chi connectivity index (χ3v) is 4.08. The lowest BCUT2D eigenvalue weighted by molar-refractivity contribution is 0.0878. The van der Waals surface area contributed by atoms with Crippen molar-refractivity contribution >= 4 is 34.7 Å². The molecule has 1 aromatic carbocycles. The molecule has 0 fully saturated rings. The molecule has 0 bridgehead atoms. The van der Waals surface area contributed by atoms with Crippen LogP contribution in [-0.2, 0) is 6.54 Å². The number of carbonyl (C=O) groups is 3. The summed E-state index contributed by atoms with van der Waals surface area (Å²) in [7, 11) is 0. The van der Waals surface area contributed by atoms with Gasteiger partial charge < -0.3 is 11.1 Å². The molecule has 106 valence electrons. The van der Waals surface area contributed by atoms with Crippen LogP contribution < -0.4 is 16.4 Å². The summed E-state index contributed by atoms with van der Waals surface area (Å²) in [6.45, 7) is 0.506.